The molecule has 0 amide bonds. The second-order valence-electron chi connectivity index (χ2n) is 7.89. The first kappa shape index (κ1) is 19.6. The van der Waals surface area contributed by atoms with Crippen LogP contribution in [0.15, 0.2) is 18.2 Å². The fourth-order valence-corrected chi connectivity index (χ4v) is 4.31. The van der Waals surface area contributed by atoms with Crippen LogP contribution in [0.3, 0.4) is 0 Å². The molecule has 1 aromatic heterocycles. The van der Waals surface area contributed by atoms with Crippen LogP contribution in [0.2, 0.25) is 0 Å². The lowest BCUT2D eigenvalue weighted by atomic mass is 9.89. The van der Waals surface area contributed by atoms with Gasteiger partial charge in [0.05, 0.1) is 11.7 Å². The number of fused-ring (bicyclic) bond motifs is 1. The molecule has 4 heteroatoms. The Morgan fingerprint density at radius 1 is 1.07 bits per heavy atom. The molecule has 0 bridgehead atoms. The molecule has 1 aliphatic carbocycles. The molecule has 144 valence electrons. The lowest BCUT2D eigenvalue weighted by Crippen LogP contribution is -2.36. The standard InChI is InChI=1S/C23H30N2O2/c1-13-21(17(5)26)15(3)25-22(13)23(27)16(4)24-14(2)19-11-10-18-8-6-7-9-20(18)12-19/h10-12,14,16,24-25H,6-9H2,1-5H3/t14-,16-/m0/s1. The first-order valence-electron chi connectivity index (χ1n) is 9.91. The first-order chi connectivity index (χ1) is 12.8. The second kappa shape index (κ2) is 7.81. The molecule has 2 aromatic rings. The third kappa shape index (κ3) is 3.91. The summed E-state index contributed by atoms with van der Waals surface area (Å²) >= 11 is 0. The minimum absolute atomic E-state index is 0.00656. The van der Waals surface area contributed by atoms with Crippen LogP contribution < -0.4 is 5.32 Å². The molecule has 0 saturated carbocycles. The Labute approximate surface area is 161 Å². The molecule has 0 spiro atoms. The van der Waals surface area contributed by atoms with E-state index in [0.717, 1.165) is 17.7 Å². The Kier molecular flexibility index (Phi) is 5.66. The minimum Gasteiger partial charge on any atom is -0.355 e. The third-order valence-electron chi connectivity index (χ3n) is 5.80. The quantitative estimate of drug-likeness (QED) is 0.733. The summed E-state index contributed by atoms with van der Waals surface area (Å²) in [6.45, 7) is 9.21. The summed E-state index contributed by atoms with van der Waals surface area (Å²) in [6, 6.07) is 6.46. The molecule has 3 rings (SSSR count). The van der Waals surface area contributed by atoms with E-state index in [-0.39, 0.29) is 23.7 Å². The molecule has 0 aliphatic heterocycles. The van der Waals surface area contributed by atoms with Crippen molar-refractivity contribution in [3.63, 3.8) is 0 Å². The van der Waals surface area contributed by atoms with Gasteiger partial charge in [-0.3, -0.25) is 9.59 Å². The van der Waals surface area contributed by atoms with Crippen LogP contribution in [0.1, 0.15) is 88.4 Å². The highest BCUT2D eigenvalue weighted by Gasteiger charge is 2.25. The normalized spacial score (nSPS) is 15.9. The number of carbonyl (C=O) groups excluding carboxylic acids is 2. The zero-order valence-electron chi connectivity index (χ0n) is 17.0. The van der Waals surface area contributed by atoms with Gasteiger partial charge < -0.3 is 10.3 Å². The van der Waals surface area contributed by atoms with Gasteiger partial charge in [0.1, 0.15) is 0 Å². The van der Waals surface area contributed by atoms with Gasteiger partial charge in [0.15, 0.2) is 11.6 Å². The van der Waals surface area contributed by atoms with Gasteiger partial charge in [0, 0.05) is 17.3 Å². The van der Waals surface area contributed by atoms with Gasteiger partial charge in [-0.1, -0.05) is 18.2 Å². The molecule has 27 heavy (non-hydrogen) atoms. The van der Waals surface area contributed by atoms with Crippen LogP contribution in [-0.2, 0) is 12.8 Å². The lowest BCUT2D eigenvalue weighted by Gasteiger charge is -2.22. The summed E-state index contributed by atoms with van der Waals surface area (Å²) in [5, 5.41) is 3.43. The van der Waals surface area contributed by atoms with E-state index < -0.39 is 0 Å². The summed E-state index contributed by atoms with van der Waals surface area (Å²) in [5.41, 5.74) is 6.82. The van der Waals surface area contributed by atoms with Crippen molar-refractivity contribution in [2.75, 3.05) is 0 Å². The molecular weight excluding hydrogens is 336 g/mol. The van der Waals surface area contributed by atoms with Crippen LogP contribution in [0.5, 0.6) is 0 Å². The number of aromatic amines is 1. The van der Waals surface area contributed by atoms with Gasteiger partial charge in [-0.2, -0.15) is 0 Å². The van der Waals surface area contributed by atoms with Crippen molar-refractivity contribution in [1.82, 2.24) is 10.3 Å². The average Bonchev–Trinajstić information content (AvgIpc) is 2.94. The predicted molar refractivity (Wildman–Crippen MR) is 109 cm³/mol. The Hall–Kier alpha value is -2.20. The topological polar surface area (TPSA) is 62.0 Å². The summed E-state index contributed by atoms with van der Waals surface area (Å²) in [7, 11) is 0. The number of nitrogens with one attached hydrogen (secondary N) is 2. The number of hydrogen-bond donors (Lipinski definition) is 2. The SMILES string of the molecule is CC(=O)c1c(C)[nH]c(C(=O)[C@H](C)N[C@@H](C)c2ccc3c(c2)CCCC3)c1C. The van der Waals surface area contributed by atoms with Crippen molar-refractivity contribution >= 4 is 11.6 Å². The Bertz CT molecular complexity index is 879. The molecule has 0 saturated heterocycles. The zero-order chi connectivity index (χ0) is 19.7. The number of H-pyrrole nitrogens is 1. The maximum Gasteiger partial charge on any atom is 0.195 e. The smallest absolute Gasteiger partial charge is 0.195 e. The number of aryl methyl sites for hydroxylation is 3. The molecule has 4 nitrogen and oxygen atoms in total. The Morgan fingerprint density at radius 3 is 2.37 bits per heavy atom. The van der Waals surface area contributed by atoms with Gasteiger partial charge in [-0.15, -0.1) is 0 Å². The maximum atomic E-state index is 12.9. The van der Waals surface area contributed by atoms with E-state index in [1.165, 1.54) is 42.9 Å². The van der Waals surface area contributed by atoms with E-state index >= 15 is 0 Å². The fourth-order valence-electron chi connectivity index (χ4n) is 4.31. The summed E-state index contributed by atoms with van der Waals surface area (Å²) in [6.07, 6.45) is 4.87. The highest BCUT2D eigenvalue weighted by molar-refractivity contribution is 6.05. The fraction of sp³-hybridized carbons (Fsp3) is 0.478. The van der Waals surface area contributed by atoms with Gasteiger partial charge in [-0.25, -0.2) is 0 Å². The number of aromatic nitrogens is 1. The monoisotopic (exact) mass is 366 g/mol. The van der Waals surface area contributed by atoms with Gasteiger partial charge in [0.2, 0.25) is 0 Å². The van der Waals surface area contributed by atoms with Crippen molar-refractivity contribution in [2.45, 2.75) is 72.4 Å². The van der Waals surface area contributed by atoms with Crippen LogP contribution in [-0.4, -0.2) is 22.6 Å². The molecular formula is C23H30N2O2. The summed E-state index contributed by atoms with van der Waals surface area (Å²) in [5.74, 6) is -0.0174. The van der Waals surface area contributed by atoms with Gasteiger partial charge in [-0.05, 0) is 82.6 Å². The number of carbonyl (C=O) groups is 2. The van der Waals surface area contributed by atoms with Crippen molar-refractivity contribution < 1.29 is 9.59 Å². The Balaban J connectivity index is 1.75. The van der Waals surface area contributed by atoms with Crippen molar-refractivity contribution in [1.29, 1.82) is 0 Å². The first-order valence-corrected chi connectivity index (χ1v) is 9.91. The maximum absolute atomic E-state index is 12.9. The number of rotatable bonds is 6. The van der Waals surface area contributed by atoms with E-state index in [1.54, 1.807) is 0 Å². The van der Waals surface area contributed by atoms with Crippen molar-refractivity contribution in [3.05, 3.63) is 57.4 Å². The zero-order valence-corrected chi connectivity index (χ0v) is 17.0. The average molecular weight is 367 g/mol. The number of ketones is 2. The summed E-state index contributed by atoms with van der Waals surface area (Å²) in [4.78, 5) is 27.9. The molecule has 1 aromatic carbocycles. The molecule has 0 fully saturated rings. The van der Waals surface area contributed by atoms with Gasteiger partial charge in [0.25, 0.3) is 0 Å². The van der Waals surface area contributed by atoms with E-state index in [2.05, 4.69) is 35.4 Å². The molecule has 1 heterocycles. The van der Waals surface area contributed by atoms with Crippen LogP contribution in [0.25, 0.3) is 0 Å². The predicted octanol–water partition coefficient (Wildman–Crippen LogP) is 4.63. The second-order valence-corrected chi connectivity index (χ2v) is 7.89. The van der Waals surface area contributed by atoms with Crippen molar-refractivity contribution in [3.8, 4) is 0 Å². The molecule has 0 unspecified atom stereocenters. The Morgan fingerprint density at radius 2 is 1.74 bits per heavy atom. The van der Waals surface area contributed by atoms with Gasteiger partial charge >= 0.3 is 0 Å². The van der Waals surface area contributed by atoms with E-state index in [1.807, 2.05) is 20.8 Å². The lowest BCUT2D eigenvalue weighted by molar-refractivity contribution is 0.0940. The largest absolute Gasteiger partial charge is 0.355 e. The summed E-state index contributed by atoms with van der Waals surface area (Å²) < 4.78 is 0. The van der Waals surface area contributed by atoms with Crippen molar-refractivity contribution in [2.24, 2.45) is 0 Å². The number of Topliss-reactive ketones (excluding diaryl/α,β-unsaturated/α-hetero) is 2. The molecule has 2 N–H and O–H groups in total. The van der Waals surface area contributed by atoms with E-state index in [4.69, 9.17) is 0 Å². The number of benzene rings is 1. The highest BCUT2D eigenvalue weighted by Crippen LogP contribution is 2.25. The van der Waals surface area contributed by atoms with Crippen LogP contribution in [0.4, 0.5) is 0 Å². The number of hydrogen-bond acceptors (Lipinski definition) is 3. The molecule has 0 radical (unpaired) electrons. The highest BCUT2D eigenvalue weighted by atomic mass is 16.1. The van der Waals surface area contributed by atoms with Crippen LogP contribution in [0, 0.1) is 13.8 Å². The minimum atomic E-state index is -0.340. The van der Waals surface area contributed by atoms with E-state index in [9.17, 15) is 9.59 Å². The van der Waals surface area contributed by atoms with Crippen LogP contribution >= 0.6 is 0 Å². The van der Waals surface area contributed by atoms with E-state index in [0.29, 0.717) is 11.3 Å². The molecule has 2 atom stereocenters. The third-order valence-corrected chi connectivity index (χ3v) is 5.80. The molecule has 1 aliphatic rings.